The molecule has 0 amide bonds. The fourth-order valence-corrected chi connectivity index (χ4v) is 3.29. The van der Waals surface area contributed by atoms with Gasteiger partial charge in [-0.25, -0.2) is 0 Å². The van der Waals surface area contributed by atoms with E-state index in [9.17, 15) is 5.11 Å². The lowest BCUT2D eigenvalue weighted by molar-refractivity contribution is 0.0417. The summed E-state index contributed by atoms with van der Waals surface area (Å²) in [5, 5.41) is 10.8. The molecular formula is C24H43NO2. The number of aliphatic hydroxyl groups excluding tert-OH is 1. The molecule has 3 heteroatoms. The zero-order valence-electron chi connectivity index (χ0n) is 18.8. The normalized spacial score (nSPS) is 17.8. The van der Waals surface area contributed by atoms with Crippen molar-refractivity contribution in [1.29, 1.82) is 0 Å². The van der Waals surface area contributed by atoms with Crippen LogP contribution in [0.25, 0.3) is 0 Å². The number of nitrogens with zero attached hydrogens (tertiary/aromatic N) is 1. The van der Waals surface area contributed by atoms with Crippen LogP contribution in [0.5, 0.6) is 0 Å². The van der Waals surface area contributed by atoms with Crippen molar-refractivity contribution in [3.8, 4) is 0 Å². The summed E-state index contributed by atoms with van der Waals surface area (Å²) >= 11 is 0. The first kappa shape index (κ1) is 25.7. The molecular weight excluding hydrogens is 334 g/mol. The lowest BCUT2D eigenvalue weighted by Gasteiger charge is -2.38. The minimum atomic E-state index is -0.298. The molecule has 156 valence electrons. The standard InChI is InChI=1S/C18H29NO.C4H8O.C2H6/c1-4-18(3,16-10-8-15(2)9-11-16)17(20)14-19-12-6-5-7-13-19;1-3-4-5-2;1-2/h8-11,17,20H,4-7,12-14H2,1-3H3;3-4H,1-2H3;1-2H3/b;4-3+;. The van der Waals surface area contributed by atoms with Crippen LogP contribution in [0.2, 0.25) is 0 Å². The minimum absolute atomic E-state index is 0.148. The molecule has 0 saturated carbocycles. The number of hydrogen-bond donors (Lipinski definition) is 1. The lowest BCUT2D eigenvalue weighted by Crippen LogP contribution is -2.46. The monoisotopic (exact) mass is 377 g/mol. The topological polar surface area (TPSA) is 32.7 Å². The zero-order valence-corrected chi connectivity index (χ0v) is 18.8. The van der Waals surface area contributed by atoms with Crippen molar-refractivity contribution in [2.45, 2.75) is 78.7 Å². The van der Waals surface area contributed by atoms with Crippen molar-refractivity contribution in [2.24, 2.45) is 0 Å². The molecule has 1 aromatic carbocycles. The molecule has 2 atom stereocenters. The van der Waals surface area contributed by atoms with Crippen molar-refractivity contribution in [3.05, 3.63) is 47.7 Å². The maximum atomic E-state index is 10.8. The molecule has 0 aromatic heterocycles. The van der Waals surface area contributed by atoms with Gasteiger partial charge in [-0.15, -0.1) is 0 Å². The highest BCUT2D eigenvalue weighted by molar-refractivity contribution is 5.29. The number of methoxy groups -OCH3 is 1. The van der Waals surface area contributed by atoms with Crippen molar-refractivity contribution in [2.75, 3.05) is 26.7 Å². The molecule has 1 aromatic rings. The third-order valence-electron chi connectivity index (χ3n) is 5.33. The number of likely N-dealkylation sites (tertiary alicyclic amines) is 1. The average Bonchev–Trinajstić information content (AvgIpc) is 2.71. The van der Waals surface area contributed by atoms with Gasteiger partial charge in [0.1, 0.15) is 0 Å². The third-order valence-corrected chi connectivity index (χ3v) is 5.33. The second-order valence-electron chi connectivity index (χ2n) is 7.22. The van der Waals surface area contributed by atoms with Gasteiger partial charge in [-0.05, 0) is 51.8 Å². The van der Waals surface area contributed by atoms with Crippen LogP contribution in [0.3, 0.4) is 0 Å². The quantitative estimate of drug-likeness (QED) is 0.645. The van der Waals surface area contributed by atoms with Gasteiger partial charge in [0.25, 0.3) is 0 Å². The number of β-amino-alcohol motifs (C(OH)–C–C–N with tert-alkyl or cyclic N) is 1. The number of hydrogen-bond acceptors (Lipinski definition) is 3. The van der Waals surface area contributed by atoms with Crippen molar-refractivity contribution in [3.63, 3.8) is 0 Å². The molecule has 2 unspecified atom stereocenters. The fourth-order valence-electron chi connectivity index (χ4n) is 3.29. The Kier molecular flexibility index (Phi) is 14.0. The molecule has 0 spiro atoms. The molecule has 0 radical (unpaired) electrons. The van der Waals surface area contributed by atoms with Gasteiger partial charge in [0, 0.05) is 12.0 Å². The van der Waals surface area contributed by atoms with Crippen LogP contribution in [0.1, 0.15) is 71.4 Å². The minimum Gasteiger partial charge on any atom is -0.505 e. The molecule has 27 heavy (non-hydrogen) atoms. The van der Waals surface area contributed by atoms with E-state index in [1.165, 1.54) is 30.4 Å². The Morgan fingerprint density at radius 3 is 2.11 bits per heavy atom. The number of piperidine rings is 1. The van der Waals surface area contributed by atoms with Gasteiger partial charge in [-0.3, -0.25) is 0 Å². The molecule has 0 bridgehead atoms. The van der Waals surface area contributed by atoms with E-state index in [1.807, 2.05) is 26.8 Å². The molecule has 1 saturated heterocycles. The summed E-state index contributed by atoms with van der Waals surface area (Å²) < 4.78 is 4.51. The van der Waals surface area contributed by atoms with Gasteiger partial charge in [0.2, 0.25) is 0 Å². The second kappa shape index (κ2) is 14.7. The summed E-state index contributed by atoms with van der Waals surface area (Å²) in [6.45, 7) is 15.5. The van der Waals surface area contributed by atoms with Gasteiger partial charge >= 0.3 is 0 Å². The highest BCUT2D eigenvalue weighted by Crippen LogP contribution is 2.32. The molecule has 1 aliphatic rings. The highest BCUT2D eigenvalue weighted by atomic mass is 16.5. The predicted molar refractivity (Wildman–Crippen MR) is 118 cm³/mol. The molecule has 1 heterocycles. The first-order chi connectivity index (χ1) is 13.0. The van der Waals surface area contributed by atoms with Crippen LogP contribution in [-0.2, 0) is 10.2 Å². The summed E-state index contributed by atoms with van der Waals surface area (Å²) in [7, 11) is 1.62. The first-order valence-corrected chi connectivity index (χ1v) is 10.6. The third kappa shape index (κ3) is 8.94. The number of aryl methyl sites for hydroxylation is 1. The molecule has 1 aliphatic heterocycles. The predicted octanol–water partition coefficient (Wildman–Crippen LogP) is 5.70. The van der Waals surface area contributed by atoms with Crippen molar-refractivity contribution >= 4 is 0 Å². The Bertz CT molecular complexity index is 492. The Morgan fingerprint density at radius 2 is 1.70 bits per heavy atom. The maximum absolute atomic E-state index is 10.8. The van der Waals surface area contributed by atoms with Crippen molar-refractivity contribution < 1.29 is 9.84 Å². The van der Waals surface area contributed by atoms with Gasteiger partial charge in [-0.1, -0.05) is 70.0 Å². The van der Waals surface area contributed by atoms with Crippen LogP contribution >= 0.6 is 0 Å². The van der Waals surface area contributed by atoms with E-state index in [0.29, 0.717) is 0 Å². The van der Waals surface area contributed by atoms with Crippen LogP contribution in [0.15, 0.2) is 36.6 Å². The lowest BCUT2D eigenvalue weighted by atomic mass is 9.75. The molecule has 1 fully saturated rings. The van der Waals surface area contributed by atoms with Gasteiger partial charge in [-0.2, -0.15) is 0 Å². The Labute approximate surface area is 168 Å². The van der Waals surface area contributed by atoms with Crippen LogP contribution in [-0.4, -0.2) is 42.9 Å². The van der Waals surface area contributed by atoms with E-state index in [-0.39, 0.29) is 11.5 Å². The SMILES string of the molecule is C/C=C/OC.CC.CCC(C)(c1ccc(C)cc1)C(O)CN1CCCCC1. The van der Waals surface area contributed by atoms with Crippen LogP contribution in [0, 0.1) is 6.92 Å². The largest absolute Gasteiger partial charge is 0.505 e. The van der Waals surface area contributed by atoms with E-state index >= 15 is 0 Å². The second-order valence-corrected chi connectivity index (χ2v) is 7.22. The van der Waals surface area contributed by atoms with Gasteiger partial charge in [0.05, 0.1) is 19.5 Å². The summed E-state index contributed by atoms with van der Waals surface area (Å²) in [4.78, 5) is 2.43. The summed E-state index contributed by atoms with van der Waals surface area (Å²) in [6.07, 6.45) is 8.02. The summed E-state index contributed by atoms with van der Waals surface area (Å²) in [6, 6.07) is 8.66. The molecule has 0 aliphatic carbocycles. The van der Waals surface area contributed by atoms with E-state index in [4.69, 9.17) is 0 Å². The van der Waals surface area contributed by atoms with E-state index in [1.54, 1.807) is 13.4 Å². The fraction of sp³-hybridized carbons (Fsp3) is 0.667. The first-order valence-electron chi connectivity index (χ1n) is 10.6. The number of ether oxygens (including phenoxy) is 1. The molecule has 2 rings (SSSR count). The number of aliphatic hydroxyl groups is 1. The van der Waals surface area contributed by atoms with Crippen LogP contribution < -0.4 is 0 Å². The number of allylic oxidation sites excluding steroid dienone is 1. The van der Waals surface area contributed by atoms with Crippen molar-refractivity contribution in [1.82, 2.24) is 4.90 Å². The number of rotatable bonds is 6. The number of benzene rings is 1. The van der Waals surface area contributed by atoms with E-state index < -0.39 is 0 Å². The van der Waals surface area contributed by atoms with Gasteiger partial charge < -0.3 is 14.7 Å². The Morgan fingerprint density at radius 1 is 1.15 bits per heavy atom. The summed E-state index contributed by atoms with van der Waals surface area (Å²) in [5.41, 5.74) is 2.39. The van der Waals surface area contributed by atoms with E-state index in [2.05, 4.69) is 54.7 Å². The average molecular weight is 378 g/mol. The molecule has 3 nitrogen and oxygen atoms in total. The Hall–Kier alpha value is -1.32. The summed E-state index contributed by atoms with van der Waals surface area (Å²) in [5.74, 6) is 0. The maximum Gasteiger partial charge on any atom is 0.0781 e. The smallest absolute Gasteiger partial charge is 0.0781 e. The van der Waals surface area contributed by atoms with E-state index in [0.717, 1.165) is 26.1 Å². The Balaban J connectivity index is 0.000000838. The highest BCUT2D eigenvalue weighted by Gasteiger charge is 2.34. The zero-order chi connectivity index (χ0) is 20.7. The van der Waals surface area contributed by atoms with Crippen LogP contribution in [0.4, 0.5) is 0 Å². The molecule has 1 N–H and O–H groups in total. The van der Waals surface area contributed by atoms with Gasteiger partial charge in [0.15, 0.2) is 0 Å².